The molecule has 1 heterocycles. The maximum absolute atomic E-state index is 12.1. The van der Waals surface area contributed by atoms with E-state index in [4.69, 9.17) is 0 Å². The molecule has 10 heteroatoms. The molecular weight excluding hydrogens is 316 g/mol. The molecule has 0 fully saturated rings. The molecule has 0 saturated carbocycles. The van der Waals surface area contributed by atoms with Crippen molar-refractivity contribution in [1.29, 1.82) is 0 Å². The normalized spacial score (nSPS) is 11.3. The molecule has 0 aliphatic rings. The minimum Gasteiger partial charge on any atom is -0.383 e. The summed E-state index contributed by atoms with van der Waals surface area (Å²) in [6, 6.07) is 3.70. The Morgan fingerprint density at radius 1 is 1.43 bits per heavy atom. The molecule has 0 atom stereocenters. The summed E-state index contributed by atoms with van der Waals surface area (Å²) in [4.78, 5) is 14.8. The van der Waals surface area contributed by atoms with Crippen molar-refractivity contribution in [2.45, 2.75) is 11.4 Å². The maximum atomic E-state index is 12.1. The van der Waals surface area contributed by atoms with Crippen molar-refractivity contribution in [2.75, 3.05) is 12.4 Å². The molecule has 2 N–H and O–H groups in total. The Balaban J connectivity index is 2.27. The van der Waals surface area contributed by atoms with Gasteiger partial charge in [0.15, 0.2) is 0 Å². The zero-order valence-electron chi connectivity index (χ0n) is 10.9. The van der Waals surface area contributed by atoms with Crippen LogP contribution in [0.4, 0.5) is 11.4 Å². The van der Waals surface area contributed by atoms with Gasteiger partial charge in [0.05, 0.1) is 15.3 Å². The standard InChI is InChI=1S/C11H12N4O4S2/c1-12-10-3-2-9(4-11(10)15(16)17)21(18,19)14-6-8-5-13-7-20-8/h2-5,7,12,14H,6H2,1H3. The fourth-order valence-electron chi connectivity index (χ4n) is 1.62. The van der Waals surface area contributed by atoms with Crippen LogP contribution in [0.1, 0.15) is 4.88 Å². The van der Waals surface area contributed by atoms with E-state index in [1.165, 1.54) is 30.5 Å². The Labute approximate surface area is 125 Å². The van der Waals surface area contributed by atoms with Crippen LogP contribution in [0.3, 0.4) is 0 Å². The van der Waals surface area contributed by atoms with Crippen LogP contribution < -0.4 is 10.0 Å². The van der Waals surface area contributed by atoms with E-state index >= 15 is 0 Å². The van der Waals surface area contributed by atoms with E-state index in [9.17, 15) is 18.5 Å². The quantitative estimate of drug-likeness (QED) is 0.614. The summed E-state index contributed by atoms with van der Waals surface area (Å²) in [6.07, 6.45) is 1.56. The zero-order valence-corrected chi connectivity index (χ0v) is 12.6. The van der Waals surface area contributed by atoms with E-state index in [-0.39, 0.29) is 22.8 Å². The van der Waals surface area contributed by atoms with Gasteiger partial charge in [0.25, 0.3) is 5.69 Å². The van der Waals surface area contributed by atoms with E-state index in [1.54, 1.807) is 11.7 Å². The summed E-state index contributed by atoms with van der Waals surface area (Å²) in [5.74, 6) is 0. The van der Waals surface area contributed by atoms with Gasteiger partial charge in [0.2, 0.25) is 10.0 Å². The van der Waals surface area contributed by atoms with Crippen molar-refractivity contribution in [2.24, 2.45) is 0 Å². The van der Waals surface area contributed by atoms with Crippen LogP contribution >= 0.6 is 11.3 Å². The van der Waals surface area contributed by atoms with E-state index in [1.807, 2.05) is 0 Å². The first-order chi connectivity index (χ1) is 9.94. The summed E-state index contributed by atoms with van der Waals surface area (Å²) in [5, 5.41) is 13.6. The minimum atomic E-state index is -3.82. The summed E-state index contributed by atoms with van der Waals surface area (Å²) in [6.45, 7) is 0.0918. The van der Waals surface area contributed by atoms with Gasteiger partial charge in [-0.3, -0.25) is 15.1 Å². The van der Waals surface area contributed by atoms with Crippen LogP contribution in [0.25, 0.3) is 0 Å². The van der Waals surface area contributed by atoms with Crippen molar-refractivity contribution >= 4 is 32.7 Å². The first-order valence-corrected chi connectivity index (χ1v) is 8.13. The number of nitrogens with one attached hydrogen (secondary N) is 2. The molecule has 0 aliphatic heterocycles. The summed E-state index contributed by atoms with van der Waals surface area (Å²) in [5.41, 5.74) is 1.55. The van der Waals surface area contributed by atoms with Crippen LogP contribution in [0, 0.1) is 10.1 Å². The molecule has 0 spiro atoms. The molecule has 8 nitrogen and oxygen atoms in total. The monoisotopic (exact) mass is 328 g/mol. The summed E-state index contributed by atoms with van der Waals surface area (Å²) >= 11 is 1.32. The molecule has 1 aromatic heterocycles. The molecule has 0 unspecified atom stereocenters. The number of nitrogens with zero attached hydrogens (tertiary/aromatic N) is 2. The third-order valence-electron chi connectivity index (χ3n) is 2.67. The van der Waals surface area contributed by atoms with Gasteiger partial charge in [-0.15, -0.1) is 11.3 Å². The van der Waals surface area contributed by atoms with Gasteiger partial charge in [0, 0.05) is 30.7 Å². The first-order valence-electron chi connectivity index (χ1n) is 5.77. The predicted octanol–water partition coefficient (Wildman–Crippen LogP) is 1.57. The number of nitro groups is 1. The third kappa shape index (κ3) is 3.54. The zero-order chi connectivity index (χ0) is 15.5. The Kier molecular flexibility index (Phi) is 4.50. The molecule has 0 saturated heterocycles. The van der Waals surface area contributed by atoms with Crippen LogP contribution in [-0.4, -0.2) is 25.4 Å². The highest BCUT2D eigenvalue weighted by Gasteiger charge is 2.20. The second-order valence-corrected chi connectivity index (χ2v) is 6.72. The van der Waals surface area contributed by atoms with Gasteiger partial charge < -0.3 is 5.32 Å². The second-order valence-electron chi connectivity index (χ2n) is 3.98. The SMILES string of the molecule is CNc1ccc(S(=O)(=O)NCc2cncs2)cc1[N+](=O)[O-]. The van der Waals surface area contributed by atoms with Crippen molar-refractivity contribution in [3.8, 4) is 0 Å². The molecule has 2 rings (SSSR count). The van der Waals surface area contributed by atoms with Crippen molar-refractivity contribution in [3.63, 3.8) is 0 Å². The molecule has 2 aromatic rings. The topological polar surface area (TPSA) is 114 Å². The Bertz CT molecular complexity index is 744. The number of nitro benzene ring substituents is 1. The highest BCUT2D eigenvalue weighted by Crippen LogP contribution is 2.27. The molecule has 0 bridgehead atoms. The lowest BCUT2D eigenvalue weighted by atomic mass is 10.3. The highest BCUT2D eigenvalue weighted by molar-refractivity contribution is 7.89. The molecule has 112 valence electrons. The van der Waals surface area contributed by atoms with Gasteiger partial charge in [-0.2, -0.15) is 0 Å². The number of hydrogen-bond donors (Lipinski definition) is 2. The van der Waals surface area contributed by atoms with Crippen LogP contribution in [0.15, 0.2) is 34.8 Å². The number of aromatic nitrogens is 1. The number of anilines is 1. The van der Waals surface area contributed by atoms with Gasteiger partial charge in [0.1, 0.15) is 5.69 Å². The van der Waals surface area contributed by atoms with E-state index in [2.05, 4.69) is 15.0 Å². The molecule has 21 heavy (non-hydrogen) atoms. The van der Waals surface area contributed by atoms with Gasteiger partial charge in [-0.25, -0.2) is 13.1 Å². The lowest BCUT2D eigenvalue weighted by Gasteiger charge is -2.07. The maximum Gasteiger partial charge on any atom is 0.293 e. The van der Waals surface area contributed by atoms with E-state index in [0.717, 1.165) is 10.9 Å². The van der Waals surface area contributed by atoms with E-state index < -0.39 is 14.9 Å². The van der Waals surface area contributed by atoms with Gasteiger partial charge in [-0.05, 0) is 12.1 Å². The van der Waals surface area contributed by atoms with Gasteiger partial charge in [-0.1, -0.05) is 0 Å². The minimum absolute atomic E-state index is 0.0918. The van der Waals surface area contributed by atoms with Crippen LogP contribution in [0.2, 0.25) is 0 Å². The smallest absolute Gasteiger partial charge is 0.293 e. The number of rotatable bonds is 6. The summed E-state index contributed by atoms with van der Waals surface area (Å²) < 4.78 is 26.6. The number of thiazole rings is 1. The lowest BCUT2D eigenvalue weighted by Crippen LogP contribution is -2.23. The Morgan fingerprint density at radius 2 is 2.19 bits per heavy atom. The second kappa shape index (κ2) is 6.16. The van der Waals surface area contributed by atoms with Crippen LogP contribution in [-0.2, 0) is 16.6 Å². The fourth-order valence-corrected chi connectivity index (χ4v) is 3.27. The molecule has 0 aliphatic carbocycles. The third-order valence-corrected chi connectivity index (χ3v) is 4.84. The molecule has 1 aromatic carbocycles. The molecule has 0 radical (unpaired) electrons. The Morgan fingerprint density at radius 3 is 2.76 bits per heavy atom. The predicted molar refractivity (Wildman–Crippen MR) is 78.8 cm³/mol. The molecule has 0 amide bonds. The average molecular weight is 328 g/mol. The lowest BCUT2D eigenvalue weighted by molar-refractivity contribution is -0.384. The van der Waals surface area contributed by atoms with Crippen LogP contribution in [0.5, 0.6) is 0 Å². The highest BCUT2D eigenvalue weighted by atomic mass is 32.2. The summed E-state index contributed by atoms with van der Waals surface area (Å²) in [7, 11) is -2.29. The average Bonchev–Trinajstić information content (AvgIpc) is 2.97. The number of sulfonamides is 1. The van der Waals surface area contributed by atoms with Gasteiger partial charge >= 0.3 is 0 Å². The largest absolute Gasteiger partial charge is 0.383 e. The Hall–Kier alpha value is -2.04. The fraction of sp³-hybridized carbons (Fsp3) is 0.182. The van der Waals surface area contributed by atoms with Crippen molar-refractivity contribution in [1.82, 2.24) is 9.71 Å². The number of benzene rings is 1. The van der Waals surface area contributed by atoms with Crippen molar-refractivity contribution in [3.05, 3.63) is 44.9 Å². The first kappa shape index (κ1) is 15.4. The molecular formula is C11H12N4O4S2. The van der Waals surface area contributed by atoms with E-state index in [0.29, 0.717) is 0 Å². The van der Waals surface area contributed by atoms with Crippen molar-refractivity contribution < 1.29 is 13.3 Å². The number of hydrogen-bond acceptors (Lipinski definition) is 7.